The summed E-state index contributed by atoms with van der Waals surface area (Å²) in [5, 5.41) is 0.921. The highest BCUT2D eigenvalue weighted by Gasteiger charge is 2.19. The molecule has 0 aliphatic heterocycles. The molecular weight excluding hydrogens is 308 g/mol. The number of carbonyl (C=O) groups excluding carboxylic acids is 1. The van der Waals surface area contributed by atoms with Gasteiger partial charge in [-0.05, 0) is 29.7 Å². The highest BCUT2D eigenvalue weighted by atomic mass is 16.5. The summed E-state index contributed by atoms with van der Waals surface area (Å²) >= 11 is 0. The van der Waals surface area contributed by atoms with E-state index >= 15 is 0 Å². The van der Waals surface area contributed by atoms with Gasteiger partial charge in [0, 0.05) is 24.7 Å². The number of H-pyrrole nitrogens is 1. The largest absolute Gasteiger partial charge is 0.459 e. The van der Waals surface area contributed by atoms with E-state index in [1.807, 2.05) is 30.3 Å². The molecule has 6 heteroatoms. The van der Waals surface area contributed by atoms with Crippen molar-refractivity contribution in [2.45, 2.75) is 6.54 Å². The molecule has 3 aromatic rings. The molecule has 3 rings (SSSR count). The summed E-state index contributed by atoms with van der Waals surface area (Å²) in [5.41, 5.74) is 1.08. The summed E-state index contributed by atoms with van der Waals surface area (Å²) < 4.78 is 10.2. The highest BCUT2D eigenvalue weighted by Crippen LogP contribution is 2.13. The van der Waals surface area contributed by atoms with Crippen LogP contribution in [0.25, 0.3) is 10.9 Å². The summed E-state index contributed by atoms with van der Waals surface area (Å²) in [6, 6.07) is 12.6. The standard InChI is InChI=1S/C18H18N2O4/c1-23-10-8-20(18(22)16-7-4-9-24-16)12-14-11-13-5-2-3-6-15(13)19-17(14)21/h2-7,9,11H,8,10,12H2,1H3,(H,19,21). The van der Waals surface area contributed by atoms with Crippen LogP contribution < -0.4 is 5.56 Å². The quantitative estimate of drug-likeness (QED) is 0.755. The number of para-hydroxylation sites is 1. The van der Waals surface area contributed by atoms with Gasteiger partial charge in [0.05, 0.1) is 19.4 Å². The molecule has 0 bridgehead atoms. The van der Waals surface area contributed by atoms with Gasteiger partial charge in [0.2, 0.25) is 0 Å². The third-order valence-electron chi connectivity index (χ3n) is 3.78. The van der Waals surface area contributed by atoms with Crippen LogP contribution in [0.4, 0.5) is 0 Å². The van der Waals surface area contributed by atoms with E-state index in [1.165, 1.54) is 6.26 Å². The predicted molar refractivity (Wildman–Crippen MR) is 89.9 cm³/mol. The number of hydrogen-bond acceptors (Lipinski definition) is 4. The van der Waals surface area contributed by atoms with E-state index in [-0.39, 0.29) is 23.8 Å². The Bertz CT molecular complexity index is 883. The van der Waals surface area contributed by atoms with Crippen molar-refractivity contribution < 1.29 is 13.9 Å². The molecular formula is C18H18N2O4. The number of hydrogen-bond donors (Lipinski definition) is 1. The molecule has 0 fully saturated rings. The maximum atomic E-state index is 12.6. The molecule has 0 unspecified atom stereocenters. The van der Waals surface area contributed by atoms with Gasteiger partial charge in [-0.25, -0.2) is 0 Å². The van der Waals surface area contributed by atoms with Crippen molar-refractivity contribution in [3.63, 3.8) is 0 Å². The number of pyridine rings is 1. The summed E-state index contributed by atoms with van der Waals surface area (Å²) in [4.78, 5) is 29.2. The average molecular weight is 326 g/mol. The Balaban J connectivity index is 1.90. The van der Waals surface area contributed by atoms with Gasteiger partial charge in [-0.2, -0.15) is 0 Å². The molecule has 0 aliphatic rings. The minimum absolute atomic E-state index is 0.184. The monoisotopic (exact) mass is 326 g/mol. The molecule has 1 N–H and O–H groups in total. The zero-order valence-electron chi connectivity index (χ0n) is 13.3. The van der Waals surface area contributed by atoms with Crippen molar-refractivity contribution >= 4 is 16.8 Å². The van der Waals surface area contributed by atoms with Crippen LogP contribution in [0.5, 0.6) is 0 Å². The lowest BCUT2D eigenvalue weighted by Gasteiger charge is -2.21. The van der Waals surface area contributed by atoms with E-state index in [4.69, 9.17) is 9.15 Å². The molecule has 2 heterocycles. The number of amides is 1. The fourth-order valence-corrected chi connectivity index (χ4v) is 2.53. The van der Waals surface area contributed by atoms with Crippen LogP contribution in [0, 0.1) is 0 Å². The minimum atomic E-state index is -0.274. The van der Waals surface area contributed by atoms with E-state index in [1.54, 1.807) is 24.1 Å². The van der Waals surface area contributed by atoms with Crippen molar-refractivity contribution in [2.24, 2.45) is 0 Å². The fourth-order valence-electron chi connectivity index (χ4n) is 2.53. The van der Waals surface area contributed by atoms with Gasteiger partial charge in [0.25, 0.3) is 11.5 Å². The SMILES string of the molecule is COCCN(Cc1cc2ccccc2[nH]c1=O)C(=O)c1ccco1. The van der Waals surface area contributed by atoms with E-state index < -0.39 is 0 Å². The van der Waals surface area contributed by atoms with Gasteiger partial charge in [-0.15, -0.1) is 0 Å². The van der Waals surface area contributed by atoms with Gasteiger partial charge in [-0.3, -0.25) is 9.59 Å². The van der Waals surface area contributed by atoms with E-state index in [9.17, 15) is 9.59 Å². The Morgan fingerprint density at radius 3 is 2.83 bits per heavy atom. The highest BCUT2D eigenvalue weighted by molar-refractivity contribution is 5.91. The van der Waals surface area contributed by atoms with Crippen molar-refractivity contribution in [3.05, 3.63) is 70.4 Å². The number of rotatable bonds is 6. The number of nitrogens with zero attached hydrogens (tertiary/aromatic N) is 1. The number of furan rings is 1. The Morgan fingerprint density at radius 2 is 2.08 bits per heavy atom. The first kappa shape index (κ1) is 16.0. The lowest BCUT2D eigenvalue weighted by Crippen LogP contribution is -2.35. The zero-order chi connectivity index (χ0) is 16.9. The summed E-state index contributed by atoms with van der Waals surface area (Å²) in [5.74, 6) is -0.0343. The summed E-state index contributed by atoms with van der Waals surface area (Å²) in [6.45, 7) is 0.920. The fraction of sp³-hybridized carbons (Fsp3) is 0.222. The first-order chi connectivity index (χ1) is 11.7. The van der Waals surface area contributed by atoms with Gasteiger partial charge in [-0.1, -0.05) is 18.2 Å². The Hall–Kier alpha value is -2.86. The van der Waals surface area contributed by atoms with Crippen LogP contribution in [-0.4, -0.2) is 36.1 Å². The number of aromatic nitrogens is 1. The molecule has 0 aliphatic carbocycles. The molecule has 1 aromatic carbocycles. The Morgan fingerprint density at radius 1 is 1.25 bits per heavy atom. The number of methoxy groups -OCH3 is 1. The van der Waals surface area contributed by atoms with Crippen molar-refractivity contribution in [1.82, 2.24) is 9.88 Å². The number of ether oxygens (including phenoxy) is 1. The summed E-state index contributed by atoms with van der Waals surface area (Å²) in [6.07, 6.45) is 1.45. The first-order valence-electron chi connectivity index (χ1n) is 7.61. The second-order valence-corrected chi connectivity index (χ2v) is 5.41. The van der Waals surface area contributed by atoms with Gasteiger partial charge in [0.15, 0.2) is 5.76 Å². The molecule has 0 radical (unpaired) electrons. The number of benzene rings is 1. The lowest BCUT2D eigenvalue weighted by atomic mass is 10.1. The maximum absolute atomic E-state index is 12.6. The van der Waals surface area contributed by atoms with Gasteiger partial charge in [0.1, 0.15) is 0 Å². The van der Waals surface area contributed by atoms with Crippen LogP contribution in [-0.2, 0) is 11.3 Å². The van der Waals surface area contributed by atoms with Crippen molar-refractivity contribution in [2.75, 3.05) is 20.3 Å². The molecule has 0 spiro atoms. The lowest BCUT2D eigenvalue weighted by molar-refractivity contribution is 0.0648. The molecule has 6 nitrogen and oxygen atoms in total. The van der Waals surface area contributed by atoms with Crippen LogP contribution in [0.2, 0.25) is 0 Å². The van der Waals surface area contributed by atoms with E-state index in [2.05, 4.69) is 4.98 Å². The van der Waals surface area contributed by atoms with Crippen LogP contribution in [0.1, 0.15) is 16.1 Å². The van der Waals surface area contributed by atoms with Gasteiger partial charge < -0.3 is 19.0 Å². The summed E-state index contributed by atoms with van der Waals surface area (Å²) in [7, 11) is 1.57. The smallest absolute Gasteiger partial charge is 0.289 e. The number of carbonyl (C=O) groups is 1. The second-order valence-electron chi connectivity index (χ2n) is 5.41. The number of nitrogens with one attached hydrogen (secondary N) is 1. The third-order valence-corrected chi connectivity index (χ3v) is 3.78. The van der Waals surface area contributed by atoms with Crippen molar-refractivity contribution in [1.29, 1.82) is 0 Å². The van der Waals surface area contributed by atoms with E-state index in [0.29, 0.717) is 18.7 Å². The molecule has 0 saturated carbocycles. The molecule has 24 heavy (non-hydrogen) atoms. The molecule has 0 saturated heterocycles. The van der Waals surface area contributed by atoms with Crippen LogP contribution >= 0.6 is 0 Å². The topological polar surface area (TPSA) is 75.5 Å². The Kier molecular flexibility index (Phi) is 4.77. The Labute approximate surface area is 138 Å². The molecule has 1 amide bonds. The number of fused-ring (bicyclic) bond motifs is 1. The predicted octanol–water partition coefficient (Wildman–Crippen LogP) is 2.41. The number of aromatic amines is 1. The van der Waals surface area contributed by atoms with Crippen molar-refractivity contribution in [3.8, 4) is 0 Å². The first-order valence-corrected chi connectivity index (χ1v) is 7.61. The normalized spacial score (nSPS) is 10.9. The molecule has 2 aromatic heterocycles. The minimum Gasteiger partial charge on any atom is -0.459 e. The van der Waals surface area contributed by atoms with Gasteiger partial charge >= 0.3 is 0 Å². The average Bonchev–Trinajstić information content (AvgIpc) is 3.13. The van der Waals surface area contributed by atoms with E-state index in [0.717, 1.165) is 10.9 Å². The zero-order valence-corrected chi connectivity index (χ0v) is 13.3. The third kappa shape index (κ3) is 3.38. The molecule has 0 atom stereocenters. The molecule has 124 valence electrons. The second kappa shape index (κ2) is 7.14. The van der Waals surface area contributed by atoms with Crippen LogP contribution in [0.15, 0.2) is 57.9 Å². The van der Waals surface area contributed by atoms with Crippen LogP contribution in [0.3, 0.4) is 0 Å². The maximum Gasteiger partial charge on any atom is 0.289 e.